The number of terminal acetylenes is 1. The first-order valence-electron chi connectivity index (χ1n) is 7.80. The van der Waals surface area contributed by atoms with E-state index in [0.717, 1.165) is 0 Å². The minimum absolute atomic E-state index is 0.0745. The predicted octanol–water partition coefficient (Wildman–Crippen LogP) is 2.29. The van der Waals surface area contributed by atoms with E-state index in [4.69, 9.17) is 12.2 Å². The summed E-state index contributed by atoms with van der Waals surface area (Å²) >= 11 is 0. The molecule has 0 saturated heterocycles. The summed E-state index contributed by atoms with van der Waals surface area (Å²) in [5, 5.41) is 14.8. The number of aromatic nitrogens is 2. The second-order valence-corrected chi connectivity index (χ2v) is 5.70. The lowest BCUT2D eigenvalue weighted by molar-refractivity contribution is 0.0953. The molecule has 0 radical (unpaired) electrons. The zero-order valence-corrected chi connectivity index (χ0v) is 13.4. The molecule has 1 aromatic carbocycles. The van der Waals surface area contributed by atoms with Gasteiger partial charge in [0.2, 0.25) is 0 Å². The summed E-state index contributed by atoms with van der Waals surface area (Å²) in [5.41, 5.74) is 5.87. The van der Waals surface area contributed by atoms with E-state index >= 15 is 0 Å². The van der Waals surface area contributed by atoms with Crippen molar-refractivity contribution in [2.45, 2.75) is 24.9 Å². The summed E-state index contributed by atoms with van der Waals surface area (Å²) in [6.07, 6.45) is 8.39. The number of amides is 1. The Balaban J connectivity index is 1.62. The summed E-state index contributed by atoms with van der Waals surface area (Å²) in [5.74, 6) is 1.77. The van der Waals surface area contributed by atoms with Gasteiger partial charge in [0, 0.05) is 25.8 Å². The van der Waals surface area contributed by atoms with Crippen LogP contribution < -0.4 is 11.1 Å². The third-order valence-electron chi connectivity index (χ3n) is 4.00. The van der Waals surface area contributed by atoms with Gasteiger partial charge in [0.1, 0.15) is 22.9 Å². The SMILES string of the molecule is C#CCCC1(CCNC(=O)c2cnn(-c3ccccc3F)c2N)N=N1. The first-order valence-corrected chi connectivity index (χ1v) is 7.80. The Morgan fingerprint density at radius 2 is 2.12 bits per heavy atom. The highest BCUT2D eigenvalue weighted by Gasteiger charge is 2.38. The number of para-hydroxylation sites is 1. The Bertz CT molecular complexity index is 860. The van der Waals surface area contributed by atoms with Crippen LogP contribution in [0.5, 0.6) is 0 Å². The number of nitrogen functional groups attached to an aromatic ring is 1. The van der Waals surface area contributed by atoms with Gasteiger partial charge in [0.25, 0.3) is 5.91 Å². The summed E-state index contributed by atoms with van der Waals surface area (Å²) < 4.78 is 15.1. The van der Waals surface area contributed by atoms with Crippen molar-refractivity contribution in [3.05, 3.63) is 41.8 Å². The van der Waals surface area contributed by atoms with Crippen molar-refractivity contribution in [2.24, 2.45) is 10.2 Å². The van der Waals surface area contributed by atoms with Gasteiger partial charge in [-0.25, -0.2) is 9.07 Å². The van der Waals surface area contributed by atoms with Crippen molar-refractivity contribution in [2.75, 3.05) is 12.3 Å². The van der Waals surface area contributed by atoms with Gasteiger partial charge in [0.05, 0.1) is 6.20 Å². The molecule has 128 valence electrons. The number of hydrogen-bond donors (Lipinski definition) is 2. The van der Waals surface area contributed by atoms with Gasteiger partial charge in [-0.05, 0) is 12.1 Å². The first kappa shape index (κ1) is 16.6. The maximum atomic E-state index is 13.9. The van der Waals surface area contributed by atoms with Gasteiger partial charge < -0.3 is 11.1 Å². The molecule has 0 unspecified atom stereocenters. The highest BCUT2D eigenvalue weighted by atomic mass is 19.1. The number of halogens is 1. The van der Waals surface area contributed by atoms with Gasteiger partial charge in [-0.2, -0.15) is 15.3 Å². The summed E-state index contributed by atoms with van der Waals surface area (Å²) in [7, 11) is 0. The lowest BCUT2D eigenvalue weighted by Gasteiger charge is -2.10. The Labute approximate surface area is 144 Å². The largest absolute Gasteiger partial charge is 0.383 e. The predicted molar refractivity (Wildman–Crippen MR) is 90.5 cm³/mol. The molecule has 0 bridgehead atoms. The Morgan fingerprint density at radius 1 is 1.36 bits per heavy atom. The lowest BCUT2D eigenvalue weighted by atomic mass is 10.0. The zero-order valence-electron chi connectivity index (χ0n) is 13.4. The highest BCUT2D eigenvalue weighted by Crippen LogP contribution is 2.36. The van der Waals surface area contributed by atoms with Crippen molar-refractivity contribution in [3.8, 4) is 18.0 Å². The molecule has 0 spiro atoms. The summed E-state index contributed by atoms with van der Waals surface area (Å²) in [4.78, 5) is 12.3. The second-order valence-electron chi connectivity index (χ2n) is 5.70. The molecule has 0 aliphatic carbocycles. The van der Waals surface area contributed by atoms with Crippen LogP contribution in [0, 0.1) is 18.2 Å². The van der Waals surface area contributed by atoms with Crippen LogP contribution in [0.1, 0.15) is 29.6 Å². The molecule has 0 saturated carbocycles. The fraction of sp³-hybridized carbons (Fsp3) is 0.294. The van der Waals surface area contributed by atoms with Gasteiger partial charge in [-0.15, -0.1) is 12.3 Å². The van der Waals surface area contributed by atoms with Crippen molar-refractivity contribution in [1.82, 2.24) is 15.1 Å². The monoisotopic (exact) mass is 340 g/mol. The van der Waals surface area contributed by atoms with Crippen LogP contribution in [0.3, 0.4) is 0 Å². The number of anilines is 1. The van der Waals surface area contributed by atoms with Gasteiger partial charge in [-0.1, -0.05) is 12.1 Å². The summed E-state index contributed by atoms with van der Waals surface area (Å²) in [6.45, 7) is 0.376. The standard InChI is InChI=1S/C17H17FN6O/c1-2-3-8-17(22-23-17)9-10-20-16(25)12-11-21-24(15(12)19)14-7-5-4-6-13(14)18/h1,4-7,11H,3,8-10,19H2,(H,20,25). The fourth-order valence-corrected chi connectivity index (χ4v) is 2.49. The third-order valence-corrected chi connectivity index (χ3v) is 4.00. The van der Waals surface area contributed by atoms with Gasteiger partial charge in [-0.3, -0.25) is 4.79 Å². The van der Waals surface area contributed by atoms with E-state index in [-0.39, 0.29) is 23.0 Å². The van der Waals surface area contributed by atoms with Crippen LogP contribution in [-0.2, 0) is 0 Å². The molecule has 3 rings (SSSR count). The van der Waals surface area contributed by atoms with E-state index in [0.29, 0.717) is 25.8 Å². The minimum Gasteiger partial charge on any atom is -0.383 e. The molecule has 2 aromatic rings. The van der Waals surface area contributed by atoms with Crippen LogP contribution in [0.4, 0.5) is 10.2 Å². The number of carbonyl (C=O) groups is 1. The Hall–Kier alpha value is -3.21. The first-order chi connectivity index (χ1) is 12.1. The number of carbonyl (C=O) groups excluding carboxylic acids is 1. The molecular weight excluding hydrogens is 323 g/mol. The molecule has 25 heavy (non-hydrogen) atoms. The number of hydrogen-bond acceptors (Lipinski definition) is 5. The fourth-order valence-electron chi connectivity index (χ4n) is 2.49. The van der Waals surface area contributed by atoms with Crippen molar-refractivity contribution < 1.29 is 9.18 Å². The van der Waals surface area contributed by atoms with Crippen molar-refractivity contribution in [1.29, 1.82) is 0 Å². The van der Waals surface area contributed by atoms with E-state index in [1.54, 1.807) is 12.1 Å². The maximum Gasteiger partial charge on any atom is 0.256 e. The van der Waals surface area contributed by atoms with E-state index in [1.165, 1.54) is 23.0 Å². The molecule has 2 heterocycles. The molecule has 1 aromatic heterocycles. The lowest BCUT2D eigenvalue weighted by Crippen LogP contribution is -2.28. The number of nitrogens with two attached hydrogens (primary N) is 1. The van der Waals surface area contributed by atoms with Crippen molar-refractivity contribution in [3.63, 3.8) is 0 Å². The molecule has 0 fully saturated rings. The smallest absolute Gasteiger partial charge is 0.256 e. The van der Waals surface area contributed by atoms with Crippen LogP contribution >= 0.6 is 0 Å². The average Bonchev–Trinajstić information content (AvgIpc) is 3.27. The third kappa shape index (κ3) is 3.50. The molecule has 1 aliphatic heterocycles. The van der Waals surface area contributed by atoms with E-state index in [9.17, 15) is 9.18 Å². The molecule has 1 aliphatic rings. The molecule has 7 nitrogen and oxygen atoms in total. The molecular formula is C17H17FN6O. The van der Waals surface area contributed by atoms with E-state index in [2.05, 4.69) is 26.6 Å². The molecule has 3 N–H and O–H groups in total. The zero-order chi connectivity index (χ0) is 17.9. The maximum absolute atomic E-state index is 13.9. The Morgan fingerprint density at radius 3 is 2.80 bits per heavy atom. The Kier molecular flexibility index (Phi) is 4.48. The number of nitrogens with one attached hydrogen (secondary N) is 1. The molecule has 1 amide bonds. The van der Waals surface area contributed by atoms with Gasteiger partial charge >= 0.3 is 0 Å². The van der Waals surface area contributed by atoms with Crippen molar-refractivity contribution >= 4 is 11.7 Å². The number of benzene rings is 1. The quantitative estimate of drug-likeness (QED) is 0.757. The topological polar surface area (TPSA) is 97.7 Å². The van der Waals surface area contributed by atoms with Crippen LogP contribution in [0.2, 0.25) is 0 Å². The number of nitrogens with zero attached hydrogens (tertiary/aromatic N) is 4. The molecule has 0 atom stereocenters. The van der Waals surface area contributed by atoms with Gasteiger partial charge in [0.15, 0.2) is 5.66 Å². The number of rotatable bonds is 7. The van der Waals surface area contributed by atoms with Crippen LogP contribution in [0.25, 0.3) is 5.69 Å². The van der Waals surface area contributed by atoms with E-state index < -0.39 is 11.5 Å². The van der Waals surface area contributed by atoms with Crippen LogP contribution in [0.15, 0.2) is 40.7 Å². The second kappa shape index (κ2) is 6.73. The summed E-state index contributed by atoms with van der Waals surface area (Å²) in [6, 6.07) is 6.06. The van der Waals surface area contributed by atoms with E-state index in [1.807, 2.05) is 0 Å². The minimum atomic E-state index is -0.475. The normalized spacial score (nSPS) is 14.1. The molecule has 8 heteroatoms. The highest BCUT2D eigenvalue weighted by molar-refractivity contribution is 5.98. The average molecular weight is 340 g/mol. The van der Waals surface area contributed by atoms with Crippen LogP contribution in [-0.4, -0.2) is 27.9 Å².